The summed E-state index contributed by atoms with van der Waals surface area (Å²) in [6.45, 7) is 2.68. The van der Waals surface area contributed by atoms with Crippen molar-refractivity contribution in [1.82, 2.24) is 4.98 Å². The van der Waals surface area contributed by atoms with Gasteiger partial charge in [-0.2, -0.15) is 0 Å². The quantitative estimate of drug-likeness (QED) is 0.860. The highest BCUT2D eigenvalue weighted by Gasteiger charge is 2.38. The van der Waals surface area contributed by atoms with Gasteiger partial charge in [0.1, 0.15) is 0 Å². The predicted molar refractivity (Wildman–Crippen MR) is 73.2 cm³/mol. The van der Waals surface area contributed by atoms with E-state index in [1.807, 2.05) is 18.3 Å². The number of aliphatic hydroxyl groups is 1. The molecule has 1 aliphatic carbocycles. The van der Waals surface area contributed by atoms with Crippen LogP contribution in [0.5, 0.6) is 0 Å². The van der Waals surface area contributed by atoms with Crippen LogP contribution in [-0.4, -0.2) is 22.7 Å². The maximum absolute atomic E-state index is 10.7. The molecule has 0 saturated heterocycles. The Labute approximate surface area is 109 Å². The van der Waals surface area contributed by atoms with Crippen LogP contribution in [0.1, 0.15) is 50.5 Å². The molecule has 0 amide bonds. The number of nitrogens with zero attached hydrogens (tertiary/aromatic N) is 1. The van der Waals surface area contributed by atoms with Crippen molar-refractivity contribution >= 4 is 0 Å². The summed E-state index contributed by atoms with van der Waals surface area (Å²) in [5.74, 6) is 0.00167. The monoisotopic (exact) mass is 248 g/mol. The highest BCUT2D eigenvalue weighted by molar-refractivity contribution is 5.18. The molecule has 1 aromatic heterocycles. The molecule has 0 spiro atoms. The lowest BCUT2D eigenvalue weighted by molar-refractivity contribution is -0.00755. The first-order chi connectivity index (χ1) is 8.67. The van der Waals surface area contributed by atoms with Gasteiger partial charge in [0, 0.05) is 24.9 Å². The van der Waals surface area contributed by atoms with Crippen LogP contribution < -0.4 is 5.73 Å². The molecule has 100 valence electrons. The van der Waals surface area contributed by atoms with E-state index >= 15 is 0 Å². The zero-order valence-electron chi connectivity index (χ0n) is 11.2. The fraction of sp³-hybridized carbons (Fsp3) is 0.667. The smallest absolute Gasteiger partial charge is 0.0674 e. The lowest BCUT2D eigenvalue weighted by Crippen LogP contribution is -2.41. The van der Waals surface area contributed by atoms with Gasteiger partial charge < -0.3 is 10.8 Å². The first-order valence-corrected chi connectivity index (χ1v) is 6.95. The average Bonchev–Trinajstić information content (AvgIpc) is 2.41. The molecule has 0 aromatic carbocycles. The first-order valence-electron chi connectivity index (χ1n) is 6.95. The van der Waals surface area contributed by atoms with Crippen molar-refractivity contribution in [1.29, 1.82) is 0 Å². The average molecular weight is 248 g/mol. The van der Waals surface area contributed by atoms with Crippen LogP contribution in [0.4, 0.5) is 0 Å². The molecule has 3 heteroatoms. The highest BCUT2D eigenvalue weighted by atomic mass is 16.3. The third kappa shape index (κ3) is 2.73. The zero-order valence-corrected chi connectivity index (χ0v) is 11.2. The van der Waals surface area contributed by atoms with E-state index in [4.69, 9.17) is 5.73 Å². The molecule has 3 nitrogen and oxygen atoms in total. The molecule has 2 unspecified atom stereocenters. The first kappa shape index (κ1) is 13.5. The fourth-order valence-corrected chi connectivity index (χ4v) is 3.18. The Morgan fingerprint density at radius 1 is 1.39 bits per heavy atom. The largest absolute Gasteiger partial charge is 0.392 e. The lowest BCUT2D eigenvalue weighted by Gasteiger charge is -2.41. The van der Waals surface area contributed by atoms with E-state index in [0.29, 0.717) is 6.54 Å². The Hall–Kier alpha value is -0.930. The molecule has 0 radical (unpaired) electrons. The standard InChI is InChI=1S/C15H24N2O/c1-15(7-3-2-4-8-15)14(18)13(10-16)12-6-5-9-17-11-12/h5-6,9,11,13-14,18H,2-4,7-8,10,16H2,1H3. The Kier molecular flexibility index (Phi) is 4.36. The van der Waals surface area contributed by atoms with E-state index in [1.54, 1.807) is 6.20 Å². The summed E-state index contributed by atoms with van der Waals surface area (Å²) in [5, 5.41) is 10.7. The lowest BCUT2D eigenvalue weighted by atomic mass is 9.67. The van der Waals surface area contributed by atoms with Crippen LogP contribution in [0, 0.1) is 5.41 Å². The van der Waals surface area contributed by atoms with Gasteiger partial charge >= 0.3 is 0 Å². The van der Waals surface area contributed by atoms with E-state index in [0.717, 1.165) is 18.4 Å². The summed E-state index contributed by atoms with van der Waals surface area (Å²) >= 11 is 0. The molecule has 1 heterocycles. The Morgan fingerprint density at radius 3 is 2.67 bits per heavy atom. The van der Waals surface area contributed by atoms with Crippen LogP contribution >= 0.6 is 0 Å². The normalized spacial score (nSPS) is 22.4. The van der Waals surface area contributed by atoms with Crippen LogP contribution in [0.15, 0.2) is 24.5 Å². The minimum absolute atomic E-state index is 0.00167. The molecule has 1 aliphatic rings. The second-order valence-corrected chi connectivity index (χ2v) is 5.79. The van der Waals surface area contributed by atoms with Crippen LogP contribution in [-0.2, 0) is 0 Å². The summed E-state index contributed by atoms with van der Waals surface area (Å²) in [6, 6.07) is 3.92. The van der Waals surface area contributed by atoms with Gasteiger partial charge in [0.25, 0.3) is 0 Å². The number of nitrogens with two attached hydrogens (primary N) is 1. The molecule has 2 atom stereocenters. The summed E-state index contributed by atoms with van der Waals surface area (Å²) in [7, 11) is 0. The predicted octanol–water partition coefficient (Wildman–Crippen LogP) is 2.46. The van der Waals surface area contributed by atoms with Gasteiger partial charge in [0.05, 0.1) is 6.10 Å². The van der Waals surface area contributed by atoms with E-state index < -0.39 is 0 Å². The molecule has 3 N–H and O–H groups in total. The van der Waals surface area contributed by atoms with Crippen molar-refractivity contribution in [2.45, 2.75) is 51.0 Å². The zero-order chi connectivity index (χ0) is 13.0. The van der Waals surface area contributed by atoms with Gasteiger partial charge in [-0.3, -0.25) is 4.98 Å². The minimum Gasteiger partial charge on any atom is -0.392 e. The molecule has 0 aliphatic heterocycles. The SMILES string of the molecule is CC1(C(O)C(CN)c2cccnc2)CCCCC1. The highest BCUT2D eigenvalue weighted by Crippen LogP contribution is 2.43. The van der Waals surface area contributed by atoms with Crippen molar-refractivity contribution in [3.63, 3.8) is 0 Å². The summed E-state index contributed by atoms with van der Waals surface area (Å²) in [5.41, 5.74) is 6.95. The van der Waals surface area contributed by atoms with Crippen LogP contribution in [0.3, 0.4) is 0 Å². The third-order valence-electron chi connectivity index (χ3n) is 4.46. The van der Waals surface area contributed by atoms with Gasteiger partial charge in [0.15, 0.2) is 0 Å². The molecule has 18 heavy (non-hydrogen) atoms. The van der Waals surface area contributed by atoms with Crippen molar-refractivity contribution in [2.75, 3.05) is 6.54 Å². The fourth-order valence-electron chi connectivity index (χ4n) is 3.18. The van der Waals surface area contributed by atoms with Gasteiger partial charge in [0.2, 0.25) is 0 Å². The number of hydrogen-bond donors (Lipinski definition) is 2. The van der Waals surface area contributed by atoms with Gasteiger partial charge in [-0.05, 0) is 29.9 Å². The van der Waals surface area contributed by atoms with Crippen LogP contribution in [0.25, 0.3) is 0 Å². The molecular formula is C15H24N2O. The topological polar surface area (TPSA) is 59.1 Å². The number of aromatic nitrogens is 1. The Morgan fingerprint density at radius 2 is 2.11 bits per heavy atom. The molecule has 2 rings (SSSR count). The minimum atomic E-state index is -0.369. The summed E-state index contributed by atoms with van der Waals surface area (Å²) in [6.07, 6.45) is 9.15. The van der Waals surface area contributed by atoms with E-state index in [-0.39, 0.29) is 17.4 Å². The van der Waals surface area contributed by atoms with E-state index in [2.05, 4.69) is 11.9 Å². The number of pyridine rings is 1. The molecule has 0 bridgehead atoms. The maximum atomic E-state index is 10.7. The second-order valence-electron chi connectivity index (χ2n) is 5.79. The number of aliphatic hydroxyl groups excluding tert-OH is 1. The van der Waals surface area contributed by atoms with Crippen molar-refractivity contribution in [3.8, 4) is 0 Å². The molecular weight excluding hydrogens is 224 g/mol. The molecule has 1 saturated carbocycles. The van der Waals surface area contributed by atoms with Gasteiger partial charge in [-0.25, -0.2) is 0 Å². The van der Waals surface area contributed by atoms with Crippen molar-refractivity contribution in [3.05, 3.63) is 30.1 Å². The number of rotatable bonds is 4. The Bertz CT molecular complexity index is 360. The van der Waals surface area contributed by atoms with Crippen molar-refractivity contribution < 1.29 is 5.11 Å². The van der Waals surface area contributed by atoms with E-state index in [1.165, 1.54) is 19.3 Å². The maximum Gasteiger partial charge on any atom is 0.0674 e. The van der Waals surface area contributed by atoms with Gasteiger partial charge in [-0.15, -0.1) is 0 Å². The summed E-state index contributed by atoms with van der Waals surface area (Å²) < 4.78 is 0. The third-order valence-corrected chi connectivity index (χ3v) is 4.46. The van der Waals surface area contributed by atoms with Crippen LogP contribution in [0.2, 0.25) is 0 Å². The van der Waals surface area contributed by atoms with Crippen molar-refractivity contribution in [2.24, 2.45) is 11.1 Å². The van der Waals surface area contributed by atoms with Gasteiger partial charge in [-0.1, -0.05) is 32.3 Å². The molecule has 1 fully saturated rings. The summed E-state index contributed by atoms with van der Waals surface area (Å²) in [4.78, 5) is 4.14. The van der Waals surface area contributed by atoms with E-state index in [9.17, 15) is 5.11 Å². The Balaban J connectivity index is 2.17. The molecule has 1 aromatic rings. The second kappa shape index (κ2) is 5.81. The number of hydrogen-bond acceptors (Lipinski definition) is 3.